The molecule has 1 amide bonds. The molecular formula is C25H27N11O2. The Balaban J connectivity index is 1.28. The quantitative estimate of drug-likeness (QED) is 0.331. The lowest BCUT2D eigenvalue weighted by atomic mass is 9.78. The molecule has 1 saturated carbocycles. The Hall–Kier alpha value is -4.73. The van der Waals surface area contributed by atoms with Crippen molar-refractivity contribution in [1.82, 2.24) is 30.0 Å². The van der Waals surface area contributed by atoms with Crippen molar-refractivity contribution in [2.45, 2.75) is 45.2 Å². The fourth-order valence-corrected chi connectivity index (χ4v) is 4.86. The summed E-state index contributed by atoms with van der Waals surface area (Å²) in [5, 5.41) is 36.6. The number of carbonyl (C=O) groups is 1. The van der Waals surface area contributed by atoms with Crippen LogP contribution in [0.1, 0.15) is 49.2 Å². The number of piperidine rings is 1. The normalized spacial score (nSPS) is 18.8. The van der Waals surface area contributed by atoms with Gasteiger partial charge in [0, 0.05) is 36.8 Å². The highest BCUT2D eigenvalue weighted by atomic mass is 16.4. The van der Waals surface area contributed by atoms with E-state index in [2.05, 4.69) is 54.9 Å². The van der Waals surface area contributed by atoms with Gasteiger partial charge in [0.1, 0.15) is 6.07 Å². The van der Waals surface area contributed by atoms with Gasteiger partial charge in [-0.2, -0.15) is 10.4 Å². The lowest BCUT2D eigenvalue weighted by Gasteiger charge is -2.45. The van der Waals surface area contributed by atoms with Gasteiger partial charge in [-0.25, -0.2) is 4.52 Å². The predicted molar refractivity (Wildman–Crippen MR) is 138 cm³/mol. The van der Waals surface area contributed by atoms with E-state index < -0.39 is 5.91 Å². The second kappa shape index (κ2) is 8.98. The summed E-state index contributed by atoms with van der Waals surface area (Å²) in [7, 11) is 0. The second-order valence-corrected chi connectivity index (χ2v) is 10.5. The first-order chi connectivity index (χ1) is 18.3. The minimum Gasteiger partial charge on any atom is -0.403 e. The highest BCUT2D eigenvalue weighted by Gasteiger charge is 2.37. The van der Waals surface area contributed by atoms with Crippen LogP contribution in [0.2, 0.25) is 0 Å². The van der Waals surface area contributed by atoms with E-state index in [1.807, 2.05) is 18.2 Å². The van der Waals surface area contributed by atoms with Gasteiger partial charge in [0.05, 0.1) is 28.5 Å². The maximum atomic E-state index is 12.4. The molecule has 6 rings (SSSR count). The number of aromatic nitrogens is 6. The fraction of sp³-hybridized carbons (Fsp3) is 0.400. The molecule has 0 radical (unpaired) electrons. The molecule has 4 N–H and O–H groups in total. The number of hydrogen-bond acceptors (Lipinski definition) is 11. The first-order valence-electron chi connectivity index (χ1n) is 12.5. The minimum absolute atomic E-state index is 0.0190. The van der Waals surface area contributed by atoms with Crippen LogP contribution in [0.25, 0.3) is 17.0 Å². The topological polar surface area (TPSA) is 176 Å². The fourth-order valence-electron chi connectivity index (χ4n) is 4.86. The summed E-state index contributed by atoms with van der Waals surface area (Å²) in [5.41, 5.74) is 8.11. The molecule has 1 atom stereocenters. The van der Waals surface area contributed by atoms with Crippen LogP contribution in [-0.2, 0) is 0 Å². The van der Waals surface area contributed by atoms with Crippen LogP contribution in [-0.4, -0.2) is 61.1 Å². The Kier molecular flexibility index (Phi) is 5.59. The van der Waals surface area contributed by atoms with Crippen molar-refractivity contribution >= 4 is 28.9 Å². The van der Waals surface area contributed by atoms with Crippen molar-refractivity contribution < 1.29 is 9.21 Å². The van der Waals surface area contributed by atoms with Crippen LogP contribution >= 0.6 is 0 Å². The first kappa shape index (κ1) is 23.7. The van der Waals surface area contributed by atoms with E-state index in [0.717, 1.165) is 31.6 Å². The van der Waals surface area contributed by atoms with Crippen LogP contribution in [0.3, 0.4) is 0 Å². The maximum Gasteiger partial charge on any atom is 0.315 e. The van der Waals surface area contributed by atoms with Crippen molar-refractivity contribution in [2.24, 2.45) is 11.1 Å². The van der Waals surface area contributed by atoms with Crippen LogP contribution in [0.5, 0.6) is 0 Å². The van der Waals surface area contributed by atoms with Gasteiger partial charge < -0.3 is 25.7 Å². The van der Waals surface area contributed by atoms with Crippen molar-refractivity contribution in [1.29, 1.82) is 5.26 Å². The number of hydrogen-bond donors (Lipinski definition) is 3. The zero-order chi connectivity index (χ0) is 26.4. The van der Waals surface area contributed by atoms with E-state index in [1.165, 1.54) is 6.20 Å². The van der Waals surface area contributed by atoms with Crippen LogP contribution in [0.4, 0.5) is 17.5 Å². The monoisotopic (exact) mass is 513 g/mol. The predicted octanol–water partition coefficient (Wildman–Crippen LogP) is 2.44. The molecule has 5 heterocycles. The van der Waals surface area contributed by atoms with Gasteiger partial charge in [0.2, 0.25) is 0 Å². The van der Waals surface area contributed by atoms with Crippen molar-refractivity contribution in [3.05, 3.63) is 41.9 Å². The second-order valence-electron chi connectivity index (χ2n) is 10.5. The van der Waals surface area contributed by atoms with Crippen molar-refractivity contribution in [3.63, 3.8) is 0 Å². The standard InChI is InChI=1S/C25H27N11O2/c1-25(2)13-35(20-6-5-16(10-26)31-32-20)8-7-19(25)30-21-17(22(27)37)11-28-36-12-14(9-18(21)36)23-33-34-24(38-23)29-15-3-4-15/h5-6,9,11-12,15,19,30H,3-4,7-8,13H2,1-2H3,(H2,27,37)(H,29,34). The Morgan fingerprint density at radius 3 is 2.71 bits per heavy atom. The molecule has 4 aromatic heterocycles. The number of anilines is 3. The average Bonchev–Trinajstić information content (AvgIpc) is 3.40. The molecule has 0 aromatic carbocycles. The lowest BCUT2D eigenvalue weighted by Crippen LogP contribution is -2.52. The zero-order valence-electron chi connectivity index (χ0n) is 21.0. The number of nitrogens with two attached hydrogens (primary N) is 1. The van der Waals surface area contributed by atoms with Crippen molar-refractivity contribution in [2.75, 3.05) is 28.6 Å². The average molecular weight is 514 g/mol. The number of primary amides is 1. The van der Waals surface area contributed by atoms with Crippen LogP contribution in [0.15, 0.2) is 35.0 Å². The summed E-state index contributed by atoms with van der Waals surface area (Å²) in [4.78, 5) is 14.5. The number of rotatable bonds is 7. The van der Waals surface area contributed by atoms with Gasteiger partial charge in [-0.05, 0) is 37.5 Å². The molecule has 38 heavy (non-hydrogen) atoms. The summed E-state index contributed by atoms with van der Waals surface area (Å²) < 4.78 is 7.48. The zero-order valence-corrected chi connectivity index (χ0v) is 21.0. The van der Waals surface area contributed by atoms with Gasteiger partial charge in [0.15, 0.2) is 11.5 Å². The number of nitrogens with one attached hydrogen (secondary N) is 2. The minimum atomic E-state index is -0.568. The molecule has 2 fully saturated rings. The van der Waals surface area contributed by atoms with E-state index in [4.69, 9.17) is 15.4 Å². The van der Waals surface area contributed by atoms with E-state index in [9.17, 15) is 4.79 Å². The molecule has 4 aromatic rings. The smallest absolute Gasteiger partial charge is 0.315 e. The molecule has 0 spiro atoms. The molecule has 0 bridgehead atoms. The highest BCUT2D eigenvalue weighted by molar-refractivity contribution is 6.02. The third kappa shape index (κ3) is 4.45. The lowest BCUT2D eigenvalue weighted by molar-refractivity contribution is 0.100. The Morgan fingerprint density at radius 2 is 2.03 bits per heavy atom. The third-order valence-corrected chi connectivity index (χ3v) is 7.12. The molecule has 13 heteroatoms. The summed E-state index contributed by atoms with van der Waals surface area (Å²) in [6.07, 6.45) is 6.23. The van der Waals surface area contributed by atoms with E-state index in [1.54, 1.807) is 16.8 Å². The molecule has 1 aliphatic heterocycles. The Morgan fingerprint density at radius 1 is 1.18 bits per heavy atom. The molecule has 13 nitrogen and oxygen atoms in total. The summed E-state index contributed by atoms with van der Waals surface area (Å²) in [6.45, 7) is 5.74. The number of amides is 1. The van der Waals surface area contributed by atoms with Gasteiger partial charge in [0.25, 0.3) is 11.8 Å². The van der Waals surface area contributed by atoms with E-state index >= 15 is 0 Å². The SMILES string of the molecule is CC1(C)CN(c2ccc(C#N)nn2)CCC1Nc1c(C(N)=O)cnn2cc(-c3nnc(NC4CC4)o3)cc12. The number of fused-ring (bicyclic) bond motifs is 1. The van der Waals surface area contributed by atoms with Crippen molar-refractivity contribution in [3.8, 4) is 17.5 Å². The Bertz CT molecular complexity index is 1550. The largest absolute Gasteiger partial charge is 0.403 e. The summed E-state index contributed by atoms with van der Waals surface area (Å²) >= 11 is 0. The van der Waals surface area contributed by atoms with Crippen LogP contribution < -0.4 is 21.3 Å². The van der Waals surface area contributed by atoms with Gasteiger partial charge in [-0.1, -0.05) is 18.9 Å². The van der Waals surface area contributed by atoms with Crippen LogP contribution in [0, 0.1) is 16.7 Å². The molecule has 1 aliphatic carbocycles. The molecular weight excluding hydrogens is 486 g/mol. The highest BCUT2D eigenvalue weighted by Crippen LogP contribution is 2.36. The molecule has 1 saturated heterocycles. The molecule has 194 valence electrons. The van der Waals surface area contributed by atoms with Gasteiger partial charge in [-0.3, -0.25) is 4.79 Å². The number of carbonyl (C=O) groups excluding carboxylic acids is 1. The molecule has 1 unspecified atom stereocenters. The summed E-state index contributed by atoms with van der Waals surface area (Å²) in [6, 6.07) is 8.16. The van der Waals surface area contributed by atoms with E-state index in [-0.39, 0.29) is 17.2 Å². The third-order valence-electron chi connectivity index (χ3n) is 7.12. The molecule has 2 aliphatic rings. The van der Waals surface area contributed by atoms with Gasteiger partial charge in [-0.15, -0.1) is 15.3 Å². The maximum absolute atomic E-state index is 12.4. The summed E-state index contributed by atoms with van der Waals surface area (Å²) in [5.74, 6) is 0.524. The van der Waals surface area contributed by atoms with Gasteiger partial charge >= 0.3 is 6.01 Å². The Labute approximate surface area is 218 Å². The number of nitrogens with zero attached hydrogens (tertiary/aromatic N) is 8. The number of nitriles is 1. The first-order valence-corrected chi connectivity index (χ1v) is 12.5. The van der Waals surface area contributed by atoms with E-state index in [0.29, 0.717) is 46.8 Å².